The Hall–Kier alpha value is -1.23. The summed E-state index contributed by atoms with van der Waals surface area (Å²) in [6.45, 7) is 4.32. The van der Waals surface area contributed by atoms with Gasteiger partial charge in [0.25, 0.3) is 5.91 Å². The molecule has 0 fully saturated rings. The molecule has 0 saturated heterocycles. The maximum Gasteiger partial charge on any atom is 0.254 e. The minimum absolute atomic E-state index is 0.0218. The molecule has 1 amide bonds. The van der Waals surface area contributed by atoms with Crippen molar-refractivity contribution in [2.24, 2.45) is 0 Å². The van der Waals surface area contributed by atoms with E-state index in [-0.39, 0.29) is 5.91 Å². The zero-order valence-corrected chi connectivity index (χ0v) is 13.0. The standard InChI is InChI=1S/C14H23N3OS/c1-5-19-9-8-11(2)16-13-7-6-12(10-15-13)14(18)17(3)4/h6-7,10-11H,5,8-9H2,1-4H3,(H,15,16). The van der Waals surface area contributed by atoms with E-state index in [1.807, 2.05) is 23.9 Å². The van der Waals surface area contributed by atoms with Crippen LogP contribution in [0.15, 0.2) is 18.3 Å². The highest BCUT2D eigenvalue weighted by Gasteiger charge is 2.08. The molecule has 106 valence electrons. The van der Waals surface area contributed by atoms with Crippen LogP contribution in [0.1, 0.15) is 30.6 Å². The summed E-state index contributed by atoms with van der Waals surface area (Å²) in [5.41, 5.74) is 0.616. The summed E-state index contributed by atoms with van der Waals surface area (Å²) in [6.07, 6.45) is 2.73. The Balaban J connectivity index is 2.50. The smallest absolute Gasteiger partial charge is 0.254 e. The molecular formula is C14H23N3OS. The lowest BCUT2D eigenvalue weighted by atomic mass is 10.2. The Labute approximate surface area is 120 Å². The van der Waals surface area contributed by atoms with Gasteiger partial charge in [0.15, 0.2) is 0 Å². The van der Waals surface area contributed by atoms with Crippen LogP contribution in [0.4, 0.5) is 5.82 Å². The van der Waals surface area contributed by atoms with E-state index in [1.165, 1.54) is 0 Å². The molecule has 0 radical (unpaired) electrons. The molecule has 0 bridgehead atoms. The van der Waals surface area contributed by atoms with Gasteiger partial charge in [-0.15, -0.1) is 0 Å². The summed E-state index contributed by atoms with van der Waals surface area (Å²) in [7, 11) is 3.48. The molecular weight excluding hydrogens is 258 g/mol. The van der Waals surface area contributed by atoms with Gasteiger partial charge < -0.3 is 10.2 Å². The van der Waals surface area contributed by atoms with E-state index < -0.39 is 0 Å². The Kier molecular flexibility index (Phi) is 6.70. The molecule has 0 aliphatic heterocycles. The highest BCUT2D eigenvalue weighted by Crippen LogP contribution is 2.11. The zero-order valence-electron chi connectivity index (χ0n) is 12.1. The summed E-state index contributed by atoms with van der Waals surface area (Å²) >= 11 is 1.95. The van der Waals surface area contributed by atoms with Gasteiger partial charge in [0.05, 0.1) is 5.56 Å². The van der Waals surface area contributed by atoms with Gasteiger partial charge in [0.2, 0.25) is 0 Å². The van der Waals surface area contributed by atoms with Crippen molar-refractivity contribution >= 4 is 23.5 Å². The first-order valence-corrected chi connectivity index (χ1v) is 7.72. The highest BCUT2D eigenvalue weighted by atomic mass is 32.2. The summed E-state index contributed by atoms with van der Waals surface area (Å²) < 4.78 is 0. The minimum atomic E-state index is -0.0218. The van der Waals surface area contributed by atoms with Crippen molar-refractivity contribution in [1.82, 2.24) is 9.88 Å². The number of hydrogen-bond donors (Lipinski definition) is 1. The number of amides is 1. The van der Waals surface area contributed by atoms with E-state index >= 15 is 0 Å². The number of hydrogen-bond acceptors (Lipinski definition) is 4. The monoisotopic (exact) mass is 281 g/mol. The molecule has 1 aromatic rings. The molecule has 1 aromatic heterocycles. The van der Waals surface area contributed by atoms with E-state index in [0.717, 1.165) is 23.7 Å². The number of pyridine rings is 1. The summed E-state index contributed by atoms with van der Waals surface area (Å²) in [6, 6.07) is 4.06. The van der Waals surface area contributed by atoms with Crippen molar-refractivity contribution in [2.75, 3.05) is 30.9 Å². The van der Waals surface area contributed by atoms with E-state index in [9.17, 15) is 4.79 Å². The van der Waals surface area contributed by atoms with Crippen LogP contribution in [-0.2, 0) is 0 Å². The van der Waals surface area contributed by atoms with Crippen LogP contribution in [0.2, 0.25) is 0 Å². The fraction of sp³-hybridized carbons (Fsp3) is 0.571. The van der Waals surface area contributed by atoms with Gasteiger partial charge in [-0.2, -0.15) is 11.8 Å². The topological polar surface area (TPSA) is 45.2 Å². The predicted molar refractivity (Wildman–Crippen MR) is 83.0 cm³/mol. The highest BCUT2D eigenvalue weighted by molar-refractivity contribution is 7.99. The van der Waals surface area contributed by atoms with Gasteiger partial charge in [-0.3, -0.25) is 4.79 Å². The first-order chi connectivity index (χ1) is 9.04. The average molecular weight is 281 g/mol. The predicted octanol–water partition coefficient (Wildman–Crippen LogP) is 2.73. The molecule has 0 aromatic carbocycles. The third kappa shape index (κ3) is 5.51. The molecule has 5 heteroatoms. The van der Waals surface area contributed by atoms with Crippen LogP contribution < -0.4 is 5.32 Å². The zero-order chi connectivity index (χ0) is 14.3. The van der Waals surface area contributed by atoms with Crippen LogP contribution in [-0.4, -0.2) is 47.4 Å². The summed E-state index contributed by atoms with van der Waals surface area (Å²) in [5, 5.41) is 3.35. The van der Waals surface area contributed by atoms with E-state index in [4.69, 9.17) is 0 Å². The Morgan fingerprint density at radius 2 is 2.21 bits per heavy atom. The average Bonchev–Trinajstić information content (AvgIpc) is 2.39. The van der Waals surface area contributed by atoms with Gasteiger partial charge in [-0.05, 0) is 37.0 Å². The van der Waals surface area contributed by atoms with Gasteiger partial charge in [-0.1, -0.05) is 6.92 Å². The van der Waals surface area contributed by atoms with E-state index in [0.29, 0.717) is 11.6 Å². The van der Waals surface area contributed by atoms with Crippen molar-refractivity contribution in [3.05, 3.63) is 23.9 Å². The van der Waals surface area contributed by atoms with Crippen LogP contribution in [0.5, 0.6) is 0 Å². The first kappa shape index (κ1) is 15.8. The molecule has 1 rings (SSSR count). The molecule has 1 heterocycles. The second-order valence-corrected chi connectivity index (χ2v) is 6.06. The van der Waals surface area contributed by atoms with Crippen LogP contribution in [0.3, 0.4) is 0 Å². The van der Waals surface area contributed by atoms with Crippen molar-refractivity contribution < 1.29 is 4.79 Å². The van der Waals surface area contributed by atoms with Crippen molar-refractivity contribution in [3.63, 3.8) is 0 Å². The largest absolute Gasteiger partial charge is 0.368 e. The van der Waals surface area contributed by atoms with Gasteiger partial charge in [0, 0.05) is 26.3 Å². The number of thioether (sulfide) groups is 1. The van der Waals surface area contributed by atoms with Crippen molar-refractivity contribution in [2.45, 2.75) is 26.3 Å². The first-order valence-electron chi connectivity index (χ1n) is 6.56. The lowest BCUT2D eigenvalue weighted by molar-refractivity contribution is 0.0827. The maximum absolute atomic E-state index is 11.7. The fourth-order valence-electron chi connectivity index (χ4n) is 1.59. The second kappa shape index (κ2) is 8.04. The molecule has 0 aliphatic rings. The molecule has 1 N–H and O–H groups in total. The lowest BCUT2D eigenvalue weighted by Crippen LogP contribution is -2.22. The van der Waals surface area contributed by atoms with Gasteiger partial charge >= 0.3 is 0 Å². The quantitative estimate of drug-likeness (QED) is 0.781. The van der Waals surface area contributed by atoms with Gasteiger partial charge in [-0.25, -0.2) is 4.98 Å². The van der Waals surface area contributed by atoms with E-state index in [1.54, 1.807) is 25.2 Å². The number of carbonyl (C=O) groups is 1. The third-order valence-corrected chi connectivity index (χ3v) is 3.64. The number of aromatic nitrogens is 1. The Morgan fingerprint density at radius 3 is 2.74 bits per heavy atom. The summed E-state index contributed by atoms with van der Waals surface area (Å²) in [5.74, 6) is 3.12. The number of nitrogens with one attached hydrogen (secondary N) is 1. The molecule has 19 heavy (non-hydrogen) atoms. The van der Waals surface area contributed by atoms with Crippen molar-refractivity contribution in [3.8, 4) is 0 Å². The number of nitrogens with zero attached hydrogens (tertiary/aromatic N) is 2. The molecule has 0 saturated carbocycles. The van der Waals surface area contributed by atoms with E-state index in [2.05, 4.69) is 24.1 Å². The van der Waals surface area contributed by atoms with Crippen LogP contribution in [0.25, 0.3) is 0 Å². The second-order valence-electron chi connectivity index (χ2n) is 4.66. The van der Waals surface area contributed by atoms with Crippen LogP contribution in [0, 0.1) is 0 Å². The number of anilines is 1. The fourth-order valence-corrected chi connectivity index (χ4v) is 2.40. The minimum Gasteiger partial charge on any atom is -0.368 e. The maximum atomic E-state index is 11.7. The SMILES string of the molecule is CCSCCC(C)Nc1ccc(C(=O)N(C)C)cn1. The number of rotatable bonds is 7. The third-order valence-electron chi connectivity index (χ3n) is 2.71. The molecule has 1 unspecified atom stereocenters. The Bertz CT molecular complexity index is 392. The molecule has 0 spiro atoms. The van der Waals surface area contributed by atoms with Crippen molar-refractivity contribution in [1.29, 1.82) is 0 Å². The molecule has 1 atom stereocenters. The van der Waals surface area contributed by atoms with Crippen LogP contribution >= 0.6 is 11.8 Å². The number of carbonyl (C=O) groups excluding carboxylic acids is 1. The lowest BCUT2D eigenvalue weighted by Gasteiger charge is -2.15. The normalized spacial score (nSPS) is 12.0. The summed E-state index contributed by atoms with van der Waals surface area (Å²) in [4.78, 5) is 17.6. The molecule has 4 nitrogen and oxygen atoms in total. The van der Waals surface area contributed by atoms with Gasteiger partial charge in [0.1, 0.15) is 5.82 Å². The molecule has 0 aliphatic carbocycles. The Morgan fingerprint density at radius 1 is 1.47 bits per heavy atom.